The van der Waals surface area contributed by atoms with Gasteiger partial charge in [-0.2, -0.15) is 0 Å². The van der Waals surface area contributed by atoms with Gasteiger partial charge in [0.25, 0.3) is 0 Å². The van der Waals surface area contributed by atoms with Crippen LogP contribution >= 0.6 is 0 Å². The first-order valence-corrected chi connectivity index (χ1v) is 7.94. The molecule has 2 N–H and O–H groups in total. The molecule has 4 aromatic rings. The average Bonchev–Trinajstić information content (AvgIpc) is 3.03. The fourth-order valence-electron chi connectivity index (χ4n) is 2.79. The number of anilines is 2. The van der Waals surface area contributed by atoms with E-state index in [1.165, 1.54) is 0 Å². The van der Waals surface area contributed by atoms with Gasteiger partial charge in [0.1, 0.15) is 5.75 Å². The van der Waals surface area contributed by atoms with Crippen LogP contribution in [-0.4, -0.2) is 24.7 Å². The standard InChI is InChI=1S/C19H17N5O/c1-12-3-4-15(25)10-16(12)22-18-9-13(2)19-21-11-17(24(19)23-18)14-5-7-20-8-6-14/h3-11,25H,1-2H3,(H,22,23). The fraction of sp³-hybridized carbons (Fsp3) is 0.105. The minimum atomic E-state index is 0.214. The molecule has 0 aliphatic heterocycles. The monoisotopic (exact) mass is 331 g/mol. The Labute approximate surface area is 144 Å². The quantitative estimate of drug-likeness (QED) is 0.596. The Morgan fingerprint density at radius 1 is 1.00 bits per heavy atom. The number of nitrogens with zero attached hydrogens (tertiary/aromatic N) is 4. The van der Waals surface area contributed by atoms with Crippen LogP contribution in [0.2, 0.25) is 0 Å². The number of imidazole rings is 1. The second-order valence-electron chi connectivity index (χ2n) is 5.95. The van der Waals surface area contributed by atoms with E-state index < -0.39 is 0 Å². The molecule has 4 rings (SSSR count). The number of nitrogens with one attached hydrogen (secondary N) is 1. The molecule has 0 fully saturated rings. The highest BCUT2D eigenvalue weighted by Crippen LogP contribution is 2.26. The largest absolute Gasteiger partial charge is 0.508 e. The lowest BCUT2D eigenvalue weighted by Gasteiger charge is -2.11. The highest BCUT2D eigenvalue weighted by molar-refractivity contribution is 5.68. The molecule has 0 saturated carbocycles. The van der Waals surface area contributed by atoms with Gasteiger partial charge in [-0.05, 0) is 49.2 Å². The SMILES string of the molecule is Cc1ccc(O)cc1Nc1cc(C)c2ncc(-c3ccncc3)n2n1. The summed E-state index contributed by atoms with van der Waals surface area (Å²) in [5, 5.41) is 17.7. The molecule has 124 valence electrons. The van der Waals surface area contributed by atoms with E-state index in [0.29, 0.717) is 5.82 Å². The Hall–Kier alpha value is -3.41. The molecule has 0 aliphatic carbocycles. The zero-order chi connectivity index (χ0) is 17.4. The number of aryl methyl sites for hydroxylation is 2. The third-order valence-corrected chi connectivity index (χ3v) is 4.11. The number of aromatic nitrogens is 4. The molecule has 0 amide bonds. The molecule has 0 bridgehead atoms. The average molecular weight is 331 g/mol. The number of hydrogen-bond donors (Lipinski definition) is 2. The summed E-state index contributed by atoms with van der Waals surface area (Å²) in [7, 11) is 0. The number of pyridine rings is 1. The summed E-state index contributed by atoms with van der Waals surface area (Å²) in [4.78, 5) is 8.54. The van der Waals surface area contributed by atoms with Crippen LogP contribution < -0.4 is 5.32 Å². The summed E-state index contributed by atoms with van der Waals surface area (Å²) in [6.45, 7) is 3.98. The molecule has 25 heavy (non-hydrogen) atoms. The van der Waals surface area contributed by atoms with Crippen molar-refractivity contribution in [3.8, 4) is 17.0 Å². The minimum Gasteiger partial charge on any atom is -0.508 e. The number of aromatic hydroxyl groups is 1. The first kappa shape index (κ1) is 15.1. The maximum absolute atomic E-state index is 9.72. The summed E-state index contributed by atoms with van der Waals surface area (Å²) < 4.78 is 1.82. The number of benzene rings is 1. The van der Waals surface area contributed by atoms with Gasteiger partial charge in [0, 0.05) is 29.7 Å². The zero-order valence-electron chi connectivity index (χ0n) is 13.9. The summed E-state index contributed by atoms with van der Waals surface area (Å²) in [6.07, 6.45) is 5.31. The van der Waals surface area contributed by atoms with Crippen molar-refractivity contribution in [1.29, 1.82) is 0 Å². The van der Waals surface area contributed by atoms with Crippen molar-refractivity contribution in [2.45, 2.75) is 13.8 Å². The zero-order valence-corrected chi connectivity index (χ0v) is 13.9. The van der Waals surface area contributed by atoms with Gasteiger partial charge in [-0.15, -0.1) is 5.10 Å². The van der Waals surface area contributed by atoms with E-state index in [9.17, 15) is 5.11 Å². The summed E-state index contributed by atoms with van der Waals surface area (Å²) in [5.74, 6) is 0.901. The Balaban J connectivity index is 1.82. The summed E-state index contributed by atoms with van der Waals surface area (Å²) >= 11 is 0. The highest BCUT2D eigenvalue weighted by Gasteiger charge is 2.11. The van der Waals surface area contributed by atoms with Crippen LogP contribution in [0.25, 0.3) is 16.9 Å². The third kappa shape index (κ3) is 2.78. The first-order chi connectivity index (χ1) is 12.1. The molecule has 1 aromatic carbocycles. The van der Waals surface area contributed by atoms with E-state index in [4.69, 9.17) is 0 Å². The Morgan fingerprint density at radius 2 is 1.80 bits per heavy atom. The fourth-order valence-corrected chi connectivity index (χ4v) is 2.79. The van der Waals surface area contributed by atoms with E-state index in [0.717, 1.165) is 33.7 Å². The van der Waals surface area contributed by atoms with Crippen LogP contribution in [0.3, 0.4) is 0 Å². The first-order valence-electron chi connectivity index (χ1n) is 7.94. The molecule has 0 unspecified atom stereocenters. The predicted molar refractivity (Wildman–Crippen MR) is 97.1 cm³/mol. The molecule has 0 radical (unpaired) electrons. The van der Waals surface area contributed by atoms with Gasteiger partial charge < -0.3 is 10.4 Å². The van der Waals surface area contributed by atoms with Crippen LogP contribution in [0.1, 0.15) is 11.1 Å². The molecular weight excluding hydrogens is 314 g/mol. The number of phenols is 1. The number of phenolic OH excluding ortho intramolecular Hbond substituents is 1. The number of rotatable bonds is 3. The maximum atomic E-state index is 9.72. The van der Waals surface area contributed by atoms with E-state index in [2.05, 4.69) is 20.4 Å². The van der Waals surface area contributed by atoms with E-state index in [1.54, 1.807) is 24.5 Å². The summed E-state index contributed by atoms with van der Waals surface area (Å²) in [6, 6.07) is 11.0. The van der Waals surface area contributed by atoms with Gasteiger partial charge >= 0.3 is 0 Å². The lowest BCUT2D eigenvalue weighted by Crippen LogP contribution is -2.03. The lowest BCUT2D eigenvalue weighted by atomic mass is 10.2. The molecule has 0 atom stereocenters. The smallest absolute Gasteiger partial charge is 0.157 e. The Kier molecular flexibility index (Phi) is 3.57. The van der Waals surface area contributed by atoms with Gasteiger partial charge in [0.15, 0.2) is 11.5 Å². The Morgan fingerprint density at radius 3 is 2.60 bits per heavy atom. The van der Waals surface area contributed by atoms with Crippen LogP contribution in [0.15, 0.2) is 55.0 Å². The van der Waals surface area contributed by atoms with E-state index >= 15 is 0 Å². The Bertz CT molecular complexity index is 1060. The van der Waals surface area contributed by atoms with Crippen molar-refractivity contribution in [3.05, 3.63) is 66.1 Å². The van der Waals surface area contributed by atoms with Gasteiger partial charge in [0.05, 0.1) is 11.9 Å². The van der Waals surface area contributed by atoms with Crippen LogP contribution in [0.4, 0.5) is 11.5 Å². The molecule has 0 saturated heterocycles. The van der Waals surface area contributed by atoms with Gasteiger partial charge in [-0.3, -0.25) is 4.98 Å². The second kappa shape index (κ2) is 5.90. The van der Waals surface area contributed by atoms with E-state index in [1.807, 2.05) is 48.8 Å². The molecule has 6 heteroatoms. The summed E-state index contributed by atoms with van der Waals surface area (Å²) in [5.41, 5.74) is 5.56. The molecule has 3 heterocycles. The topological polar surface area (TPSA) is 75.3 Å². The van der Waals surface area contributed by atoms with Crippen molar-refractivity contribution >= 4 is 17.2 Å². The number of hydrogen-bond acceptors (Lipinski definition) is 5. The van der Waals surface area contributed by atoms with Gasteiger partial charge in [-0.1, -0.05) is 6.07 Å². The van der Waals surface area contributed by atoms with Crippen molar-refractivity contribution < 1.29 is 5.11 Å². The van der Waals surface area contributed by atoms with Crippen molar-refractivity contribution in [3.63, 3.8) is 0 Å². The van der Waals surface area contributed by atoms with Crippen LogP contribution in [-0.2, 0) is 0 Å². The van der Waals surface area contributed by atoms with Crippen LogP contribution in [0, 0.1) is 13.8 Å². The normalized spacial score (nSPS) is 11.0. The molecule has 3 aromatic heterocycles. The molecular formula is C19H17N5O. The van der Waals surface area contributed by atoms with Gasteiger partial charge in [-0.25, -0.2) is 9.50 Å². The number of fused-ring (bicyclic) bond motifs is 1. The highest BCUT2D eigenvalue weighted by atomic mass is 16.3. The van der Waals surface area contributed by atoms with Crippen LogP contribution in [0.5, 0.6) is 5.75 Å². The van der Waals surface area contributed by atoms with E-state index in [-0.39, 0.29) is 5.75 Å². The third-order valence-electron chi connectivity index (χ3n) is 4.11. The van der Waals surface area contributed by atoms with Crippen molar-refractivity contribution in [2.24, 2.45) is 0 Å². The van der Waals surface area contributed by atoms with Crippen molar-refractivity contribution in [1.82, 2.24) is 19.6 Å². The maximum Gasteiger partial charge on any atom is 0.157 e. The van der Waals surface area contributed by atoms with Gasteiger partial charge in [0.2, 0.25) is 0 Å². The predicted octanol–water partition coefficient (Wildman–Crippen LogP) is 3.86. The molecule has 0 aliphatic rings. The lowest BCUT2D eigenvalue weighted by molar-refractivity contribution is 0.475. The van der Waals surface area contributed by atoms with Crippen molar-refractivity contribution in [2.75, 3.05) is 5.32 Å². The molecule has 0 spiro atoms. The minimum absolute atomic E-state index is 0.214. The molecule has 6 nitrogen and oxygen atoms in total. The second-order valence-corrected chi connectivity index (χ2v) is 5.95.